The summed E-state index contributed by atoms with van der Waals surface area (Å²) in [4.78, 5) is 0. The topological polar surface area (TPSA) is 94.2 Å². The van der Waals surface area contributed by atoms with Gasteiger partial charge in [0.05, 0.1) is 46.2 Å². The van der Waals surface area contributed by atoms with Gasteiger partial charge in [0.15, 0.2) is 0 Å². The molecule has 92 valence electrons. The molecule has 6 heteroatoms. The van der Waals surface area contributed by atoms with Gasteiger partial charge in [0.1, 0.15) is 6.10 Å². The van der Waals surface area contributed by atoms with Crippen LogP contribution in [0.25, 0.3) is 0 Å². The van der Waals surface area contributed by atoms with E-state index < -0.39 is 6.10 Å². The third-order valence-corrected chi connectivity index (χ3v) is 1.51. The Morgan fingerprint density at radius 1 is 1.07 bits per heavy atom. The molecule has 4 N–H and O–H groups in total. The van der Waals surface area contributed by atoms with Crippen LogP contribution in [-0.4, -0.2) is 70.5 Å². The third kappa shape index (κ3) is 11.7. The SMILES string of the molecule is [2H]OC[C@H](O)COCCOCCOCCN. The Morgan fingerprint density at radius 2 is 1.67 bits per heavy atom. The molecule has 0 aliphatic heterocycles. The first-order valence-electron chi connectivity index (χ1n) is 5.41. The Balaban J connectivity index is 2.98. The number of nitrogens with two attached hydrogens (primary N) is 1. The molecule has 0 spiro atoms. The summed E-state index contributed by atoms with van der Waals surface area (Å²) in [7, 11) is 0. The van der Waals surface area contributed by atoms with Crippen molar-refractivity contribution in [2.24, 2.45) is 5.73 Å². The molecular weight excluding hydrogens is 202 g/mol. The normalized spacial score (nSPS) is 13.9. The highest BCUT2D eigenvalue weighted by Crippen LogP contribution is 1.85. The zero-order chi connectivity index (χ0) is 12.1. The maximum Gasteiger partial charge on any atom is 0.210 e. The molecule has 0 radical (unpaired) electrons. The summed E-state index contributed by atoms with van der Waals surface area (Å²) < 4.78 is 21.7. The fourth-order valence-electron chi connectivity index (χ4n) is 0.791. The maximum absolute atomic E-state index is 9.11. The molecule has 0 aromatic rings. The first-order valence-corrected chi connectivity index (χ1v) is 5.00. The molecule has 0 heterocycles. The van der Waals surface area contributed by atoms with E-state index in [-0.39, 0.29) is 13.2 Å². The van der Waals surface area contributed by atoms with Crippen LogP contribution in [0, 0.1) is 0 Å². The van der Waals surface area contributed by atoms with Crippen molar-refractivity contribution in [3.8, 4) is 0 Å². The van der Waals surface area contributed by atoms with E-state index in [2.05, 4.69) is 5.11 Å². The lowest BCUT2D eigenvalue weighted by Crippen LogP contribution is -2.21. The lowest BCUT2D eigenvalue weighted by molar-refractivity contribution is -0.0224. The quantitative estimate of drug-likeness (QED) is 0.344. The predicted octanol–water partition coefficient (Wildman–Crippen LogP) is -1.65. The lowest BCUT2D eigenvalue weighted by atomic mass is 10.4. The highest BCUT2D eigenvalue weighted by Gasteiger charge is 2.00. The molecule has 0 aliphatic carbocycles. The smallest absolute Gasteiger partial charge is 0.210 e. The van der Waals surface area contributed by atoms with Gasteiger partial charge >= 0.3 is 0 Å². The molecule has 0 fully saturated rings. The van der Waals surface area contributed by atoms with Crippen LogP contribution in [0.15, 0.2) is 0 Å². The van der Waals surface area contributed by atoms with Crippen LogP contribution in [0.4, 0.5) is 0 Å². The summed E-state index contributed by atoms with van der Waals surface area (Å²) in [6.07, 6.45) is -0.759. The van der Waals surface area contributed by atoms with Gasteiger partial charge in [-0.15, -0.1) is 0 Å². The minimum atomic E-state index is -0.759. The van der Waals surface area contributed by atoms with Gasteiger partial charge in [-0.25, -0.2) is 0 Å². The van der Waals surface area contributed by atoms with E-state index in [9.17, 15) is 0 Å². The Bertz CT molecular complexity index is 141. The standard InChI is InChI=1S/C9H21NO5/c10-1-2-13-3-4-14-5-6-15-8-9(12)7-11/h9,11-12H,1-8,10H2/t9-/m0/s1/i11D. The minimum Gasteiger partial charge on any atom is -0.394 e. The monoisotopic (exact) mass is 224 g/mol. The number of hydrogen-bond donors (Lipinski definition) is 3. The van der Waals surface area contributed by atoms with Crippen molar-refractivity contribution in [2.45, 2.75) is 6.10 Å². The Labute approximate surface area is 91.4 Å². The van der Waals surface area contributed by atoms with Crippen LogP contribution in [0.3, 0.4) is 0 Å². The molecule has 0 amide bonds. The van der Waals surface area contributed by atoms with Crippen LogP contribution in [0.5, 0.6) is 0 Å². The molecule has 0 aromatic heterocycles. The number of rotatable bonds is 12. The van der Waals surface area contributed by atoms with Gasteiger partial charge in [0.2, 0.25) is 1.43 Å². The fourth-order valence-corrected chi connectivity index (χ4v) is 0.791. The van der Waals surface area contributed by atoms with Gasteiger partial charge in [-0.3, -0.25) is 0 Å². The van der Waals surface area contributed by atoms with E-state index in [4.69, 9.17) is 26.5 Å². The number of aliphatic hydroxyl groups excluding tert-OH is 2. The highest BCUT2D eigenvalue weighted by atomic mass is 16.5. The second-order valence-corrected chi connectivity index (χ2v) is 2.91. The van der Waals surface area contributed by atoms with E-state index in [1.807, 2.05) is 0 Å². The van der Waals surface area contributed by atoms with Gasteiger partial charge in [0.25, 0.3) is 0 Å². The summed E-state index contributed by atoms with van der Waals surface area (Å²) in [5.41, 5.74) is 5.23. The molecular formula is C9H21NO5. The van der Waals surface area contributed by atoms with Crippen molar-refractivity contribution >= 4 is 0 Å². The molecule has 0 saturated heterocycles. The van der Waals surface area contributed by atoms with Crippen molar-refractivity contribution in [1.29, 1.82) is 1.43 Å². The molecule has 0 aliphatic rings. The molecule has 15 heavy (non-hydrogen) atoms. The lowest BCUT2D eigenvalue weighted by Gasteiger charge is -2.08. The van der Waals surface area contributed by atoms with Crippen LogP contribution in [0.1, 0.15) is 0 Å². The summed E-state index contributed by atoms with van der Waals surface area (Å²) in [6.45, 7) is 3.01. The van der Waals surface area contributed by atoms with Crippen LogP contribution >= 0.6 is 0 Å². The van der Waals surface area contributed by atoms with E-state index in [1.165, 1.54) is 0 Å². The maximum atomic E-state index is 9.11. The van der Waals surface area contributed by atoms with Crippen molar-refractivity contribution in [3.63, 3.8) is 0 Å². The van der Waals surface area contributed by atoms with E-state index in [0.717, 1.165) is 0 Å². The number of hydrogen-bond acceptors (Lipinski definition) is 6. The van der Waals surface area contributed by atoms with Crippen molar-refractivity contribution in [2.75, 3.05) is 52.8 Å². The van der Waals surface area contributed by atoms with E-state index in [0.29, 0.717) is 39.6 Å². The second-order valence-electron chi connectivity index (χ2n) is 2.91. The first-order chi connectivity index (χ1) is 7.81. The average molecular weight is 224 g/mol. The Kier molecular flexibility index (Phi) is 10.1. The largest absolute Gasteiger partial charge is 0.394 e. The molecule has 1 atom stereocenters. The number of ether oxygens (including phenoxy) is 3. The van der Waals surface area contributed by atoms with Gasteiger partial charge in [-0.1, -0.05) is 0 Å². The molecule has 0 rings (SSSR count). The Morgan fingerprint density at radius 3 is 2.27 bits per heavy atom. The third-order valence-electron chi connectivity index (χ3n) is 1.51. The highest BCUT2D eigenvalue weighted by molar-refractivity contribution is 4.48. The molecule has 0 bridgehead atoms. The van der Waals surface area contributed by atoms with Crippen LogP contribution < -0.4 is 5.73 Å². The Hall–Kier alpha value is -0.240. The average Bonchev–Trinajstić information content (AvgIpc) is 2.27. The summed E-state index contributed by atoms with van der Waals surface area (Å²) in [6, 6.07) is 0. The zero-order valence-electron chi connectivity index (χ0n) is 9.89. The molecule has 0 saturated carbocycles. The fraction of sp³-hybridized carbons (Fsp3) is 1.00. The summed E-state index contributed by atoms with van der Waals surface area (Å²) in [5.74, 6) is 0. The zero-order valence-corrected chi connectivity index (χ0v) is 8.89. The van der Waals surface area contributed by atoms with Crippen LogP contribution in [-0.2, 0) is 14.2 Å². The van der Waals surface area contributed by atoms with E-state index >= 15 is 0 Å². The molecule has 0 unspecified atom stereocenters. The van der Waals surface area contributed by atoms with Gasteiger partial charge in [0, 0.05) is 6.54 Å². The molecule has 6 nitrogen and oxygen atoms in total. The van der Waals surface area contributed by atoms with Crippen LogP contribution in [0.2, 0.25) is 0 Å². The van der Waals surface area contributed by atoms with Crippen molar-refractivity contribution in [1.82, 2.24) is 0 Å². The van der Waals surface area contributed by atoms with Crippen molar-refractivity contribution < 1.29 is 24.4 Å². The molecule has 0 aromatic carbocycles. The second kappa shape index (κ2) is 11.8. The van der Waals surface area contributed by atoms with Crippen molar-refractivity contribution in [3.05, 3.63) is 0 Å². The van der Waals surface area contributed by atoms with E-state index in [1.54, 1.807) is 0 Å². The minimum absolute atomic E-state index is 0.0478. The summed E-state index contributed by atoms with van der Waals surface area (Å²) >= 11 is 0. The number of aliphatic hydroxyl groups is 2. The predicted molar refractivity (Wildman–Crippen MR) is 54.6 cm³/mol. The van der Waals surface area contributed by atoms with Gasteiger partial charge < -0.3 is 30.2 Å². The van der Waals surface area contributed by atoms with Gasteiger partial charge in [-0.05, 0) is 0 Å². The first kappa shape index (κ1) is 12.8. The summed E-state index contributed by atoms with van der Waals surface area (Å²) in [5, 5.41) is 13.1. The van der Waals surface area contributed by atoms with Gasteiger partial charge in [-0.2, -0.15) is 0 Å².